The van der Waals surface area contributed by atoms with Gasteiger partial charge in [0.25, 0.3) is 0 Å². The van der Waals surface area contributed by atoms with E-state index >= 15 is 0 Å². The number of hydrogen-bond donors (Lipinski definition) is 2. The molecule has 0 saturated carbocycles. The second-order valence-electron chi connectivity index (χ2n) is 1.82. The second-order valence-corrected chi connectivity index (χ2v) is 2.36. The van der Waals surface area contributed by atoms with Crippen LogP contribution in [0.25, 0.3) is 4.91 Å². The maximum Gasteiger partial charge on any atom is 0.0964 e. The molecule has 1 heterocycles. The molecule has 0 atom stereocenters. The molecular weight excluding hydrogens is 132 g/mol. The summed E-state index contributed by atoms with van der Waals surface area (Å²) in [5.74, 6) is 0. The Hall–Kier alpha value is -0.700. The molecule has 0 fully saturated rings. The van der Waals surface area contributed by atoms with Crippen LogP contribution < -0.4 is 0 Å². The van der Waals surface area contributed by atoms with Gasteiger partial charge in [-0.15, -0.1) is 12.6 Å². The Morgan fingerprint density at radius 2 is 2.56 bits per heavy atom. The molecule has 0 unspecified atom stereocenters. The van der Waals surface area contributed by atoms with E-state index in [2.05, 4.69) is 29.2 Å². The maximum absolute atomic E-state index is 4.05. The van der Waals surface area contributed by atoms with Crippen molar-refractivity contribution in [1.82, 2.24) is 9.97 Å². The third-order valence-corrected chi connectivity index (χ3v) is 1.32. The van der Waals surface area contributed by atoms with Crippen LogP contribution in [0.15, 0.2) is 12.9 Å². The van der Waals surface area contributed by atoms with Gasteiger partial charge in [-0.3, -0.25) is 0 Å². The lowest BCUT2D eigenvalue weighted by molar-refractivity contribution is 1.25. The molecule has 1 aromatic rings. The second kappa shape index (κ2) is 2.27. The van der Waals surface area contributed by atoms with Gasteiger partial charge in [0.2, 0.25) is 0 Å². The van der Waals surface area contributed by atoms with Crippen LogP contribution in [0.1, 0.15) is 11.4 Å². The Labute approximate surface area is 59.4 Å². The van der Waals surface area contributed by atoms with Gasteiger partial charge in [-0.2, -0.15) is 0 Å². The number of aryl methyl sites for hydroxylation is 1. The van der Waals surface area contributed by atoms with Crippen LogP contribution in [0, 0.1) is 6.92 Å². The molecule has 0 aliphatic rings. The molecule has 9 heavy (non-hydrogen) atoms. The average molecular weight is 140 g/mol. The summed E-state index contributed by atoms with van der Waals surface area (Å²) in [6.07, 6.45) is 1.63. The molecule has 0 aromatic carbocycles. The molecule has 0 aliphatic heterocycles. The summed E-state index contributed by atoms with van der Waals surface area (Å²) in [6.45, 7) is 5.57. The minimum absolute atomic E-state index is 0.703. The van der Waals surface area contributed by atoms with E-state index in [0.29, 0.717) is 4.91 Å². The van der Waals surface area contributed by atoms with Crippen LogP contribution in [-0.2, 0) is 0 Å². The zero-order valence-electron chi connectivity index (χ0n) is 5.18. The summed E-state index contributed by atoms with van der Waals surface area (Å²) in [5.41, 5.74) is 1.85. The number of hydrogen-bond acceptors (Lipinski definition) is 2. The topological polar surface area (TPSA) is 28.7 Å². The van der Waals surface area contributed by atoms with Crippen molar-refractivity contribution in [3.8, 4) is 0 Å². The molecule has 1 rings (SSSR count). The summed E-state index contributed by atoms with van der Waals surface area (Å²) in [7, 11) is 0. The molecule has 0 radical (unpaired) electrons. The van der Waals surface area contributed by atoms with E-state index in [1.807, 2.05) is 6.92 Å². The Morgan fingerprint density at radius 1 is 1.89 bits per heavy atom. The fourth-order valence-corrected chi connectivity index (χ4v) is 0.875. The molecule has 0 saturated heterocycles. The Bertz CT molecular complexity index is 227. The van der Waals surface area contributed by atoms with E-state index in [1.165, 1.54) is 0 Å². The van der Waals surface area contributed by atoms with E-state index in [4.69, 9.17) is 0 Å². The van der Waals surface area contributed by atoms with Gasteiger partial charge in [0.1, 0.15) is 0 Å². The quantitative estimate of drug-likeness (QED) is 0.570. The smallest absolute Gasteiger partial charge is 0.0964 e. The monoisotopic (exact) mass is 140 g/mol. The van der Waals surface area contributed by atoms with Crippen LogP contribution >= 0.6 is 12.6 Å². The van der Waals surface area contributed by atoms with Crippen LogP contribution in [0.4, 0.5) is 0 Å². The largest absolute Gasteiger partial charge is 0.348 e. The lowest BCUT2D eigenvalue weighted by Gasteiger charge is -1.90. The van der Waals surface area contributed by atoms with Crippen molar-refractivity contribution in [2.24, 2.45) is 0 Å². The average Bonchev–Trinajstić information content (AvgIpc) is 2.13. The fourth-order valence-electron chi connectivity index (χ4n) is 0.650. The lowest BCUT2D eigenvalue weighted by Crippen LogP contribution is -1.78. The van der Waals surface area contributed by atoms with Crippen LogP contribution in [-0.4, -0.2) is 9.97 Å². The summed E-state index contributed by atoms with van der Waals surface area (Å²) in [4.78, 5) is 7.62. The molecule has 0 spiro atoms. The molecule has 1 aromatic heterocycles. The molecule has 0 amide bonds. The van der Waals surface area contributed by atoms with Crippen LogP contribution in [0.3, 0.4) is 0 Å². The summed E-state index contributed by atoms with van der Waals surface area (Å²) >= 11 is 4.05. The third kappa shape index (κ3) is 1.16. The van der Waals surface area contributed by atoms with Gasteiger partial charge in [-0.05, 0) is 6.92 Å². The molecule has 1 N–H and O–H groups in total. The van der Waals surface area contributed by atoms with E-state index in [0.717, 1.165) is 11.4 Å². The van der Waals surface area contributed by atoms with E-state index in [9.17, 15) is 0 Å². The summed E-state index contributed by atoms with van der Waals surface area (Å²) in [6, 6.07) is 0. The minimum Gasteiger partial charge on any atom is -0.348 e. The van der Waals surface area contributed by atoms with Crippen molar-refractivity contribution in [2.45, 2.75) is 6.92 Å². The Balaban J connectivity index is 3.08. The molecule has 3 heteroatoms. The summed E-state index contributed by atoms with van der Waals surface area (Å²) < 4.78 is 0. The van der Waals surface area contributed by atoms with Gasteiger partial charge in [0.15, 0.2) is 0 Å². The van der Waals surface area contributed by atoms with Crippen molar-refractivity contribution >= 4 is 17.5 Å². The predicted molar refractivity (Wildman–Crippen MR) is 41.3 cm³/mol. The van der Waals surface area contributed by atoms with Gasteiger partial charge in [-0.1, -0.05) is 6.58 Å². The van der Waals surface area contributed by atoms with E-state index < -0.39 is 0 Å². The Morgan fingerprint density at radius 3 is 2.78 bits per heavy atom. The van der Waals surface area contributed by atoms with Gasteiger partial charge >= 0.3 is 0 Å². The van der Waals surface area contributed by atoms with E-state index in [-0.39, 0.29) is 0 Å². The number of H-pyrrole nitrogens is 1. The summed E-state index contributed by atoms with van der Waals surface area (Å²) in [5, 5.41) is 0. The molecule has 2 nitrogen and oxygen atoms in total. The zero-order chi connectivity index (χ0) is 6.85. The predicted octanol–water partition coefficient (Wildman–Crippen LogP) is 1.62. The molecular formula is C6H8N2S. The zero-order valence-corrected chi connectivity index (χ0v) is 6.07. The fraction of sp³-hybridized carbons (Fsp3) is 0.167. The highest BCUT2D eigenvalue weighted by molar-refractivity contribution is 7.90. The standard InChI is InChI=1S/C6H8N2S/c1-4-6(5(2)9)8-3-7-4/h3,9H,2H2,1H3,(H,7,8). The first-order valence-corrected chi connectivity index (χ1v) is 3.04. The van der Waals surface area contributed by atoms with Crippen molar-refractivity contribution in [2.75, 3.05) is 0 Å². The number of nitrogens with one attached hydrogen (secondary N) is 1. The van der Waals surface area contributed by atoms with Crippen molar-refractivity contribution in [1.29, 1.82) is 0 Å². The Kier molecular flexibility index (Phi) is 1.62. The van der Waals surface area contributed by atoms with Gasteiger partial charge in [0.05, 0.1) is 12.0 Å². The normalized spacial score (nSPS) is 9.56. The minimum atomic E-state index is 0.703. The van der Waals surface area contributed by atoms with Crippen LogP contribution in [0.2, 0.25) is 0 Å². The molecule has 0 aliphatic carbocycles. The van der Waals surface area contributed by atoms with E-state index in [1.54, 1.807) is 6.33 Å². The first kappa shape index (κ1) is 6.42. The number of thiol groups is 1. The third-order valence-electron chi connectivity index (χ3n) is 1.10. The number of rotatable bonds is 1. The molecule has 0 bridgehead atoms. The van der Waals surface area contributed by atoms with Gasteiger partial charge in [-0.25, -0.2) is 4.98 Å². The van der Waals surface area contributed by atoms with Gasteiger partial charge in [0, 0.05) is 10.6 Å². The van der Waals surface area contributed by atoms with Crippen molar-refractivity contribution in [3.63, 3.8) is 0 Å². The highest BCUT2D eigenvalue weighted by Crippen LogP contribution is 2.14. The SMILES string of the molecule is C=C(S)c1nc[nH]c1C. The molecule has 48 valence electrons. The highest BCUT2D eigenvalue weighted by Gasteiger charge is 1.99. The van der Waals surface area contributed by atoms with Crippen molar-refractivity contribution in [3.05, 3.63) is 24.3 Å². The first-order valence-electron chi connectivity index (χ1n) is 2.60. The van der Waals surface area contributed by atoms with Gasteiger partial charge < -0.3 is 4.98 Å². The van der Waals surface area contributed by atoms with Crippen LogP contribution in [0.5, 0.6) is 0 Å². The lowest BCUT2D eigenvalue weighted by atomic mass is 10.3. The first-order chi connectivity index (χ1) is 4.22. The number of nitrogens with zero attached hydrogens (tertiary/aromatic N) is 1. The number of aromatic nitrogens is 2. The maximum atomic E-state index is 4.05. The van der Waals surface area contributed by atoms with Crippen molar-refractivity contribution < 1.29 is 0 Å². The number of imidazole rings is 1. The highest BCUT2D eigenvalue weighted by atomic mass is 32.1. The number of aromatic amines is 1.